The summed E-state index contributed by atoms with van der Waals surface area (Å²) in [5.74, 6) is 0.488. The minimum atomic E-state index is -0.669. The molecule has 4 aromatic rings. The Morgan fingerprint density at radius 2 is 1.53 bits per heavy atom. The van der Waals surface area contributed by atoms with E-state index in [-0.39, 0.29) is 12.0 Å². The molecule has 5 rings (SSSR count). The van der Waals surface area contributed by atoms with Crippen LogP contribution in [0.1, 0.15) is 51.9 Å². The number of piperazine rings is 1. The van der Waals surface area contributed by atoms with E-state index in [2.05, 4.69) is 15.5 Å². The Labute approximate surface area is 267 Å². The third-order valence-corrected chi connectivity index (χ3v) is 7.82. The lowest BCUT2D eigenvalue weighted by Crippen LogP contribution is -2.50. The molecular formula is C34H39N5O5S. The van der Waals surface area contributed by atoms with Gasteiger partial charge in [0.05, 0.1) is 16.9 Å². The summed E-state index contributed by atoms with van der Waals surface area (Å²) in [5.41, 5.74) is 1.80. The summed E-state index contributed by atoms with van der Waals surface area (Å²) in [6.45, 7) is 13.3. The Bertz CT molecular complexity index is 1700. The molecule has 0 bridgehead atoms. The number of aromatic nitrogens is 1. The molecule has 1 aliphatic rings. The molecule has 45 heavy (non-hydrogen) atoms. The number of hydrogen-bond acceptors (Lipinski definition) is 8. The molecule has 10 nitrogen and oxygen atoms in total. The van der Waals surface area contributed by atoms with Crippen molar-refractivity contribution < 1.29 is 23.9 Å². The molecule has 0 saturated carbocycles. The SMILES string of the molecule is CC(C)(C)OC(=O)Nc1ccc(-c2cccs2)cc1NC(=O)c1ccc2nc(N3CCN(C(=O)OC(C)(C)C)CC3)ccc2c1. The summed E-state index contributed by atoms with van der Waals surface area (Å²) in [7, 11) is 0. The molecular weight excluding hydrogens is 590 g/mol. The molecule has 236 valence electrons. The van der Waals surface area contributed by atoms with Crippen molar-refractivity contribution in [3.63, 3.8) is 0 Å². The first kappa shape index (κ1) is 31.8. The molecule has 2 N–H and O–H groups in total. The number of carbonyl (C=O) groups is 3. The highest BCUT2D eigenvalue weighted by Gasteiger charge is 2.26. The molecule has 0 aliphatic carbocycles. The number of ether oxygens (including phenoxy) is 2. The maximum Gasteiger partial charge on any atom is 0.412 e. The number of amides is 3. The van der Waals surface area contributed by atoms with Crippen molar-refractivity contribution >= 4 is 57.5 Å². The predicted molar refractivity (Wildman–Crippen MR) is 179 cm³/mol. The molecule has 1 saturated heterocycles. The fourth-order valence-electron chi connectivity index (χ4n) is 4.84. The lowest BCUT2D eigenvalue weighted by atomic mass is 10.1. The quantitative estimate of drug-likeness (QED) is 0.234. The maximum absolute atomic E-state index is 13.5. The fourth-order valence-corrected chi connectivity index (χ4v) is 5.56. The van der Waals surface area contributed by atoms with E-state index in [0.29, 0.717) is 43.1 Å². The lowest BCUT2D eigenvalue weighted by Gasteiger charge is -2.36. The van der Waals surface area contributed by atoms with E-state index >= 15 is 0 Å². The minimum absolute atomic E-state index is 0.301. The zero-order valence-corrected chi connectivity index (χ0v) is 27.3. The summed E-state index contributed by atoms with van der Waals surface area (Å²) in [4.78, 5) is 48.2. The number of anilines is 3. The van der Waals surface area contributed by atoms with Crippen molar-refractivity contribution in [2.24, 2.45) is 0 Å². The van der Waals surface area contributed by atoms with Gasteiger partial charge in [-0.15, -0.1) is 11.3 Å². The standard InChI is InChI=1S/C34H39N5O5S/c1-33(2,3)43-31(41)37-26-13-9-23(28-8-7-19-45-28)21-27(26)36-30(40)24-10-12-25-22(20-24)11-14-29(35-25)38-15-17-39(18-16-38)32(42)44-34(4,5)6/h7-14,19-21H,15-18H2,1-6H3,(H,36,40)(H,37,41). The van der Waals surface area contributed by atoms with Gasteiger partial charge in [0.15, 0.2) is 0 Å². The van der Waals surface area contributed by atoms with E-state index < -0.39 is 17.3 Å². The molecule has 3 heterocycles. The van der Waals surface area contributed by atoms with Gasteiger partial charge in [0.2, 0.25) is 0 Å². The molecule has 1 fully saturated rings. The number of nitrogens with zero attached hydrogens (tertiary/aromatic N) is 3. The topological polar surface area (TPSA) is 113 Å². The van der Waals surface area contributed by atoms with Crippen molar-refractivity contribution in [2.45, 2.75) is 52.7 Å². The number of fused-ring (bicyclic) bond motifs is 1. The molecule has 2 aromatic heterocycles. The Balaban J connectivity index is 1.30. The monoisotopic (exact) mass is 629 g/mol. The van der Waals surface area contributed by atoms with Crippen molar-refractivity contribution in [1.82, 2.24) is 9.88 Å². The summed E-state index contributed by atoms with van der Waals surface area (Å²) in [6, 6.07) is 18.7. The minimum Gasteiger partial charge on any atom is -0.444 e. The van der Waals surface area contributed by atoms with Crippen LogP contribution in [0.4, 0.5) is 26.8 Å². The smallest absolute Gasteiger partial charge is 0.412 e. The number of nitrogens with one attached hydrogen (secondary N) is 2. The van der Waals surface area contributed by atoms with Crippen LogP contribution in [0, 0.1) is 0 Å². The molecule has 0 radical (unpaired) electrons. The first-order chi connectivity index (χ1) is 21.2. The van der Waals surface area contributed by atoms with Crippen molar-refractivity contribution in [2.75, 3.05) is 41.7 Å². The Hall–Kier alpha value is -4.64. The van der Waals surface area contributed by atoms with Crippen LogP contribution in [-0.4, -0.2) is 65.4 Å². The van der Waals surface area contributed by atoms with Crippen molar-refractivity contribution in [3.8, 4) is 10.4 Å². The van der Waals surface area contributed by atoms with Gasteiger partial charge in [-0.3, -0.25) is 10.1 Å². The highest BCUT2D eigenvalue weighted by molar-refractivity contribution is 7.13. The average molecular weight is 630 g/mol. The Kier molecular flexibility index (Phi) is 9.01. The number of hydrogen-bond donors (Lipinski definition) is 2. The van der Waals surface area contributed by atoms with Crippen LogP contribution in [0.15, 0.2) is 66.0 Å². The van der Waals surface area contributed by atoms with Crippen molar-refractivity contribution in [1.29, 1.82) is 0 Å². The van der Waals surface area contributed by atoms with Gasteiger partial charge in [0, 0.05) is 42.0 Å². The normalized spacial score (nSPS) is 13.8. The van der Waals surface area contributed by atoms with E-state index in [1.165, 1.54) is 0 Å². The summed E-state index contributed by atoms with van der Waals surface area (Å²) in [5, 5.41) is 8.55. The Morgan fingerprint density at radius 3 is 2.20 bits per heavy atom. The van der Waals surface area contributed by atoms with Gasteiger partial charge in [-0.05, 0) is 101 Å². The van der Waals surface area contributed by atoms with E-state index in [1.807, 2.05) is 68.6 Å². The molecule has 0 spiro atoms. The lowest BCUT2D eigenvalue weighted by molar-refractivity contribution is 0.0240. The predicted octanol–water partition coefficient (Wildman–Crippen LogP) is 7.62. The van der Waals surface area contributed by atoms with Crippen LogP contribution in [0.2, 0.25) is 0 Å². The molecule has 0 atom stereocenters. The van der Waals surface area contributed by atoms with E-state index in [4.69, 9.17) is 14.5 Å². The second-order valence-corrected chi connectivity index (χ2v) is 13.8. The second-order valence-electron chi connectivity index (χ2n) is 12.9. The molecule has 0 unspecified atom stereocenters. The number of pyridine rings is 1. The first-order valence-corrected chi connectivity index (χ1v) is 15.7. The largest absolute Gasteiger partial charge is 0.444 e. The van der Waals surface area contributed by atoms with Crippen LogP contribution >= 0.6 is 11.3 Å². The van der Waals surface area contributed by atoms with Gasteiger partial charge < -0.3 is 24.6 Å². The molecule has 2 aromatic carbocycles. The second kappa shape index (κ2) is 12.8. The summed E-state index contributed by atoms with van der Waals surface area (Å²) in [6.07, 6.45) is -0.911. The van der Waals surface area contributed by atoms with Gasteiger partial charge >= 0.3 is 12.2 Å². The molecule has 11 heteroatoms. The summed E-state index contributed by atoms with van der Waals surface area (Å²) < 4.78 is 10.9. The van der Waals surface area contributed by atoms with Crippen LogP contribution in [-0.2, 0) is 9.47 Å². The third-order valence-electron chi connectivity index (χ3n) is 6.90. The van der Waals surface area contributed by atoms with Gasteiger partial charge in [-0.2, -0.15) is 0 Å². The van der Waals surface area contributed by atoms with Gasteiger partial charge in [0.1, 0.15) is 17.0 Å². The highest BCUT2D eigenvalue weighted by atomic mass is 32.1. The van der Waals surface area contributed by atoms with Crippen LogP contribution in [0.3, 0.4) is 0 Å². The Morgan fingerprint density at radius 1 is 0.800 bits per heavy atom. The van der Waals surface area contributed by atoms with E-state index in [1.54, 1.807) is 55.2 Å². The van der Waals surface area contributed by atoms with Gasteiger partial charge in [0.25, 0.3) is 5.91 Å². The molecule has 3 amide bonds. The average Bonchev–Trinajstić information content (AvgIpc) is 3.51. The zero-order valence-electron chi connectivity index (χ0n) is 26.5. The number of rotatable bonds is 5. The van der Waals surface area contributed by atoms with E-state index in [9.17, 15) is 14.4 Å². The third kappa shape index (κ3) is 8.30. The van der Waals surface area contributed by atoms with Crippen LogP contribution in [0.5, 0.6) is 0 Å². The maximum atomic E-state index is 13.5. The van der Waals surface area contributed by atoms with Crippen molar-refractivity contribution in [3.05, 3.63) is 71.6 Å². The zero-order chi connectivity index (χ0) is 32.4. The van der Waals surface area contributed by atoms with Crippen LogP contribution < -0.4 is 15.5 Å². The molecule has 1 aliphatic heterocycles. The number of carbonyl (C=O) groups excluding carboxylic acids is 3. The van der Waals surface area contributed by atoms with Gasteiger partial charge in [-0.1, -0.05) is 12.1 Å². The first-order valence-electron chi connectivity index (χ1n) is 14.9. The van der Waals surface area contributed by atoms with Gasteiger partial charge in [-0.25, -0.2) is 14.6 Å². The fraction of sp³-hybridized carbons (Fsp3) is 0.353. The van der Waals surface area contributed by atoms with E-state index in [0.717, 1.165) is 27.2 Å². The summed E-state index contributed by atoms with van der Waals surface area (Å²) >= 11 is 1.59. The number of benzene rings is 2. The highest BCUT2D eigenvalue weighted by Crippen LogP contribution is 2.32. The van der Waals surface area contributed by atoms with Crippen LogP contribution in [0.25, 0.3) is 21.3 Å². The number of thiophene rings is 1.